The van der Waals surface area contributed by atoms with E-state index in [2.05, 4.69) is 12.1 Å². The van der Waals surface area contributed by atoms with Crippen molar-refractivity contribution in [2.24, 2.45) is 0 Å². The lowest BCUT2D eigenvalue weighted by Gasteiger charge is -2.23. The predicted molar refractivity (Wildman–Crippen MR) is 103 cm³/mol. The summed E-state index contributed by atoms with van der Waals surface area (Å²) in [7, 11) is 1.62. The van der Waals surface area contributed by atoms with E-state index < -0.39 is 0 Å². The highest BCUT2D eigenvalue weighted by Crippen LogP contribution is 2.32. The number of likely N-dealkylation sites (tertiary alicyclic amines) is 1. The van der Waals surface area contributed by atoms with Gasteiger partial charge in [0.1, 0.15) is 0 Å². The second kappa shape index (κ2) is 8.56. The Hall–Kier alpha value is -2.75. The number of hydrogen-bond acceptors (Lipinski definition) is 3. The summed E-state index contributed by atoms with van der Waals surface area (Å²) in [5.74, 6) is 1.43. The molecular weight excluding hydrogens is 326 g/mol. The van der Waals surface area contributed by atoms with Crippen LogP contribution >= 0.6 is 0 Å². The minimum atomic E-state index is 0.0456. The number of nitrogens with zero attached hydrogens (tertiary/aromatic N) is 1. The molecule has 136 valence electrons. The first-order valence-corrected chi connectivity index (χ1v) is 9.07. The topological polar surface area (TPSA) is 38.8 Å². The van der Waals surface area contributed by atoms with Crippen molar-refractivity contribution < 1.29 is 14.3 Å². The molecule has 1 fully saturated rings. The van der Waals surface area contributed by atoms with Crippen LogP contribution in [0, 0.1) is 0 Å². The summed E-state index contributed by atoms with van der Waals surface area (Å²) in [5.41, 5.74) is 2.11. The maximum Gasteiger partial charge on any atom is 0.247 e. The molecule has 0 aliphatic carbocycles. The molecule has 26 heavy (non-hydrogen) atoms. The van der Waals surface area contributed by atoms with Crippen molar-refractivity contribution >= 4 is 12.0 Å². The van der Waals surface area contributed by atoms with Gasteiger partial charge in [-0.25, -0.2) is 0 Å². The van der Waals surface area contributed by atoms with Gasteiger partial charge >= 0.3 is 0 Å². The summed E-state index contributed by atoms with van der Waals surface area (Å²) < 4.78 is 10.9. The van der Waals surface area contributed by atoms with Gasteiger partial charge in [-0.2, -0.15) is 0 Å². The van der Waals surface area contributed by atoms with Gasteiger partial charge in [-0.15, -0.1) is 0 Å². The Morgan fingerprint density at radius 3 is 2.73 bits per heavy atom. The van der Waals surface area contributed by atoms with E-state index in [-0.39, 0.29) is 11.9 Å². The summed E-state index contributed by atoms with van der Waals surface area (Å²) in [6.45, 7) is 3.32. The highest BCUT2D eigenvalue weighted by molar-refractivity contribution is 5.92. The van der Waals surface area contributed by atoms with E-state index in [4.69, 9.17) is 9.47 Å². The minimum Gasteiger partial charge on any atom is -0.493 e. The van der Waals surface area contributed by atoms with Crippen LogP contribution in [-0.4, -0.2) is 31.1 Å². The van der Waals surface area contributed by atoms with Crippen LogP contribution in [-0.2, 0) is 4.79 Å². The average molecular weight is 351 g/mol. The Labute approximate surface area is 155 Å². The number of ether oxygens (including phenoxy) is 2. The van der Waals surface area contributed by atoms with E-state index in [1.807, 2.05) is 54.3 Å². The number of methoxy groups -OCH3 is 1. The van der Waals surface area contributed by atoms with Crippen molar-refractivity contribution in [3.63, 3.8) is 0 Å². The number of carbonyl (C=O) groups excluding carboxylic acids is 1. The number of amides is 1. The first-order valence-electron chi connectivity index (χ1n) is 9.07. The Kier molecular flexibility index (Phi) is 5.95. The lowest BCUT2D eigenvalue weighted by atomic mass is 10.0. The van der Waals surface area contributed by atoms with E-state index in [0.717, 1.165) is 24.9 Å². The third kappa shape index (κ3) is 4.07. The van der Waals surface area contributed by atoms with Crippen LogP contribution in [0.4, 0.5) is 0 Å². The molecule has 1 amide bonds. The lowest BCUT2D eigenvalue weighted by Crippen LogP contribution is -2.28. The van der Waals surface area contributed by atoms with Gasteiger partial charge in [0.2, 0.25) is 5.91 Å². The molecule has 3 rings (SSSR count). The smallest absolute Gasteiger partial charge is 0.247 e. The van der Waals surface area contributed by atoms with Gasteiger partial charge < -0.3 is 14.4 Å². The van der Waals surface area contributed by atoms with Crippen LogP contribution in [0.15, 0.2) is 54.6 Å². The van der Waals surface area contributed by atoms with Gasteiger partial charge in [0, 0.05) is 12.6 Å². The highest BCUT2D eigenvalue weighted by Gasteiger charge is 2.28. The standard InChI is InChI=1S/C22H25NO3/c1-3-26-20-13-11-17(16-21(20)25-2)12-14-22(24)23-15-7-10-19(23)18-8-5-4-6-9-18/h4-6,8-9,11-14,16,19H,3,7,10,15H2,1-2H3/b14-12+/t19-/m1/s1. The van der Waals surface area contributed by atoms with E-state index in [0.29, 0.717) is 18.1 Å². The fourth-order valence-corrected chi connectivity index (χ4v) is 3.38. The Morgan fingerprint density at radius 2 is 2.00 bits per heavy atom. The molecule has 2 aromatic carbocycles. The number of rotatable bonds is 6. The van der Waals surface area contributed by atoms with Crippen molar-refractivity contribution in [1.29, 1.82) is 0 Å². The summed E-state index contributed by atoms with van der Waals surface area (Å²) in [6.07, 6.45) is 5.54. The first kappa shape index (κ1) is 18.1. The molecule has 1 atom stereocenters. The molecule has 4 heteroatoms. The number of carbonyl (C=O) groups is 1. The van der Waals surface area contributed by atoms with Crippen molar-refractivity contribution in [2.45, 2.75) is 25.8 Å². The summed E-state index contributed by atoms with van der Waals surface area (Å²) in [5, 5.41) is 0. The molecule has 0 radical (unpaired) electrons. The lowest BCUT2D eigenvalue weighted by molar-refractivity contribution is -0.126. The predicted octanol–water partition coefficient (Wildman–Crippen LogP) is 4.47. The van der Waals surface area contributed by atoms with E-state index in [1.165, 1.54) is 5.56 Å². The molecular formula is C22H25NO3. The molecule has 0 N–H and O–H groups in total. The van der Waals surface area contributed by atoms with Crippen LogP contribution in [0.2, 0.25) is 0 Å². The molecule has 2 aromatic rings. The van der Waals surface area contributed by atoms with Crippen LogP contribution in [0.5, 0.6) is 11.5 Å². The molecule has 0 saturated carbocycles. The van der Waals surface area contributed by atoms with E-state index in [9.17, 15) is 4.79 Å². The van der Waals surface area contributed by atoms with Gasteiger partial charge in [-0.3, -0.25) is 4.79 Å². The maximum atomic E-state index is 12.7. The molecule has 0 unspecified atom stereocenters. The van der Waals surface area contributed by atoms with Crippen LogP contribution in [0.25, 0.3) is 6.08 Å². The van der Waals surface area contributed by atoms with Crippen LogP contribution in [0.1, 0.15) is 36.9 Å². The molecule has 0 bridgehead atoms. The summed E-state index contributed by atoms with van der Waals surface area (Å²) in [6, 6.07) is 16.1. The molecule has 0 aromatic heterocycles. The second-order valence-corrected chi connectivity index (χ2v) is 6.28. The third-order valence-corrected chi connectivity index (χ3v) is 4.63. The maximum absolute atomic E-state index is 12.7. The van der Waals surface area contributed by atoms with Crippen molar-refractivity contribution in [3.8, 4) is 11.5 Å². The van der Waals surface area contributed by atoms with Gasteiger partial charge in [-0.05, 0) is 49.1 Å². The largest absolute Gasteiger partial charge is 0.493 e. The van der Waals surface area contributed by atoms with Gasteiger partial charge in [0.05, 0.1) is 19.8 Å². The van der Waals surface area contributed by atoms with Crippen LogP contribution < -0.4 is 9.47 Å². The molecule has 1 heterocycles. The number of benzene rings is 2. The monoisotopic (exact) mass is 351 g/mol. The molecule has 0 spiro atoms. The first-order chi connectivity index (χ1) is 12.7. The van der Waals surface area contributed by atoms with E-state index in [1.54, 1.807) is 13.2 Å². The minimum absolute atomic E-state index is 0.0456. The van der Waals surface area contributed by atoms with Crippen molar-refractivity contribution in [2.75, 3.05) is 20.3 Å². The summed E-state index contributed by atoms with van der Waals surface area (Å²) >= 11 is 0. The Balaban J connectivity index is 1.73. The zero-order chi connectivity index (χ0) is 18.4. The van der Waals surface area contributed by atoms with E-state index >= 15 is 0 Å². The Morgan fingerprint density at radius 1 is 1.19 bits per heavy atom. The quantitative estimate of drug-likeness (QED) is 0.721. The molecule has 1 aliphatic heterocycles. The Bertz CT molecular complexity index is 770. The average Bonchev–Trinajstić information content (AvgIpc) is 3.18. The zero-order valence-electron chi connectivity index (χ0n) is 15.4. The third-order valence-electron chi connectivity index (χ3n) is 4.63. The second-order valence-electron chi connectivity index (χ2n) is 6.28. The summed E-state index contributed by atoms with van der Waals surface area (Å²) in [4.78, 5) is 14.7. The van der Waals surface area contributed by atoms with Crippen molar-refractivity contribution in [3.05, 3.63) is 65.7 Å². The molecule has 4 nitrogen and oxygen atoms in total. The molecule has 1 saturated heterocycles. The van der Waals surface area contributed by atoms with Crippen molar-refractivity contribution in [1.82, 2.24) is 4.90 Å². The van der Waals surface area contributed by atoms with Gasteiger partial charge in [0.25, 0.3) is 0 Å². The fraction of sp³-hybridized carbons (Fsp3) is 0.318. The van der Waals surface area contributed by atoms with Crippen LogP contribution in [0.3, 0.4) is 0 Å². The zero-order valence-corrected chi connectivity index (χ0v) is 15.4. The fourth-order valence-electron chi connectivity index (χ4n) is 3.38. The normalized spacial score (nSPS) is 16.8. The van der Waals surface area contributed by atoms with Gasteiger partial charge in [-0.1, -0.05) is 36.4 Å². The molecule has 1 aliphatic rings. The SMILES string of the molecule is CCOc1ccc(/C=C/C(=O)N2CCC[C@@H]2c2ccccc2)cc1OC. The highest BCUT2D eigenvalue weighted by atomic mass is 16.5. The number of hydrogen-bond donors (Lipinski definition) is 0. The van der Waals surface area contributed by atoms with Gasteiger partial charge in [0.15, 0.2) is 11.5 Å².